The summed E-state index contributed by atoms with van der Waals surface area (Å²) in [6.45, 7) is 5.67. The van der Waals surface area contributed by atoms with Gasteiger partial charge in [-0.15, -0.1) is 0 Å². The fraction of sp³-hybridized carbons (Fsp3) is 0.688. The molecule has 0 radical (unpaired) electrons. The van der Waals surface area contributed by atoms with Crippen LogP contribution in [0, 0.1) is 5.41 Å². The first-order valence-corrected chi connectivity index (χ1v) is 7.92. The van der Waals surface area contributed by atoms with Gasteiger partial charge in [-0.3, -0.25) is 9.69 Å². The van der Waals surface area contributed by atoms with Crippen LogP contribution in [0.15, 0.2) is 12.3 Å². The van der Waals surface area contributed by atoms with Gasteiger partial charge in [0.25, 0.3) is 0 Å². The van der Waals surface area contributed by atoms with Crippen LogP contribution in [-0.2, 0) is 17.8 Å². The molecule has 5 heteroatoms. The monoisotopic (exact) mass is 288 g/mol. The second kappa shape index (κ2) is 5.72. The maximum Gasteiger partial charge on any atom is 0.229 e. The maximum atomic E-state index is 12.5. The van der Waals surface area contributed by atoms with Crippen molar-refractivity contribution in [2.45, 2.75) is 39.2 Å². The van der Waals surface area contributed by atoms with E-state index in [2.05, 4.69) is 21.8 Å². The van der Waals surface area contributed by atoms with Gasteiger partial charge in [0.15, 0.2) is 0 Å². The van der Waals surface area contributed by atoms with E-state index in [0.29, 0.717) is 5.91 Å². The van der Waals surface area contributed by atoms with Gasteiger partial charge >= 0.3 is 0 Å². The van der Waals surface area contributed by atoms with Gasteiger partial charge < -0.3 is 4.90 Å². The second-order valence-corrected chi connectivity index (χ2v) is 6.39. The van der Waals surface area contributed by atoms with Crippen molar-refractivity contribution in [3.05, 3.63) is 23.8 Å². The molecule has 2 saturated heterocycles. The average molecular weight is 288 g/mol. The van der Waals surface area contributed by atoms with E-state index in [-0.39, 0.29) is 5.41 Å². The summed E-state index contributed by atoms with van der Waals surface area (Å²) in [6, 6.07) is 1.99. The molecule has 114 valence electrons. The van der Waals surface area contributed by atoms with Gasteiger partial charge in [-0.05, 0) is 31.9 Å². The summed E-state index contributed by atoms with van der Waals surface area (Å²) in [4.78, 5) is 25.6. The molecule has 0 N–H and O–H groups in total. The summed E-state index contributed by atoms with van der Waals surface area (Å²) in [6.07, 6.45) is 5.86. The smallest absolute Gasteiger partial charge is 0.229 e. The van der Waals surface area contributed by atoms with Gasteiger partial charge in [-0.1, -0.05) is 6.92 Å². The zero-order chi connectivity index (χ0) is 14.9. The van der Waals surface area contributed by atoms with Crippen molar-refractivity contribution >= 4 is 5.91 Å². The lowest BCUT2D eigenvalue weighted by Gasteiger charge is -2.37. The number of carbonyl (C=O) groups excluding carboxylic acids is 1. The number of aryl methyl sites for hydroxylation is 1. The minimum absolute atomic E-state index is 0.131. The fourth-order valence-corrected chi connectivity index (χ4v) is 3.67. The standard InChI is InChI=1S/C16H24N4O/c1-3-14-17-8-5-13(18-14)11-20-10-7-16(12-20)6-4-9-19(2)15(16)21/h5,8H,3-4,6-7,9-12H2,1-2H3. The summed E-state index contributed by atoms with van der Waals surface area (Å²) in [5.41, 5.74) is 0.934. The Bertz CT molecular complexity index is 533. The molecule has 1 atom stereocenters. The normalized spacial score (nSPS) is 26.8. The number of rotatable bonds is 3. The van der Waals surface area contributed by atoms with Crippen LogP contribution in [0.5, 0.6) is 0 Å². The molecule has 2 aliphatic heterocycles. The molecule has 0 aliphatic carbocycles. The van der Waals surface area contributed by atoms with E-state index in [1.807, 2.05) is 24.2 Å². The van der Waals surface area contributed by atoms with E-state index in [9.17, 15) is 4.79 Å². The van der Waals surface area contributed by atoms with Crippen LogP contribution in [0.25, 0.3) is 0 Å². The van der Waals surface area contributed by atoms with Crippen LogP contribution in [-0.4, -0.2) is 52.4 Å². The quantitative estimate of drug-likeness (QED) is 0.845. The van der Waals surface area contributed by atoms with E-state index in [1.54, 1.807) is 0 Å². The number of carbonyl (C=O) groups is 1. The molecule has 3 rings (SSSR count). The number of nitrogens with zero attached hydrogens (tertiary/aromatic N) is 4. The Balaban J connectivity index is 1.68. The zero-order valence-corrected chi connectivity index (χ0v) is 13.0. The number of hydrogen-bond acceptors (Lipinski definition) is 4. The number of aromatic nitrogens is 2. The number of piperidine rings is 1. The molecule has 1 amide bonds. The van der Waals surface area contributed by atoms with E-state index in [0.717, 1.165) is 63.4 Å². The Hall–Kier alpha value is -1.49. The third kappa shape index (κ3) is 2.79. The summed E-state index contributed by atoms with van der Waals surface area (Å²) >= 11 is 0. The minimum Gasteiger partial charge on any atom is -0.345 e. The predicted octanol–water partition coefficient (Wildman–Crippen LogP) is 1.48. The summed E-state index contributed by atoms with van der Waals surface area (Å²) in [7, 11) is 1.93. The highest BCUT2D eigenvalue weighted by Crippen LogP contribution is 2.39. The lowest BCUT2D eigenvalue weighted by atomic mass is 9.78. The van der Waals surface area contributed by atoms with Gasteiger partial charge in [0.1, 0.15) is 5.82 Å². The van der Waals surface area contributed by atoms with E-state index >= 15 is 0 Å². The highest BCUT2D eigenvalue weighted by molar-refractivity contribution is 5.83. The lowest BCUT2D eigenvalue weighted by Crippen LogP contribution is -2.48. The number of hydrogen-bond donors (Lipinski definition) is 0. The highest BCUT2D eigenvalue weighted by atomic mass is 16.2. The van der Waals surface area contributed by atoms with E-state index in [1.165, 1.54) is 0 Å². The molecule has 2 aliphatic rings. The minimum atomic E-state index is -0.131. The van der Waals surface area contributed by atoms with Crippen molar-refractivity contribution in [3.8, 4) is 0 Å². The predicted molar refractivity (Wildman–Crippen MR) is 80.6 cm³/mol. The van der Waals surface area contributed by atoms with Crippen molar-refractivity contribution < 1.29 is 4.79 Å². The summed E-state index contributed by atoms with van der Waals surface area (Å²) in [5.74, 6) is 1.24. The molecule has 3 heterocycles. The van der Waals surface area contributed by atoms with Crippen LogP contribution in [0.1, 0.15) is 37.7 Å². The van der Waals surface area contributed by atoms with Crippen molar-refractivity contribution in [2.75, 3.05) is 26.7 Å². The molecule has 1 aromatic rings. The van der Waals surface area contributed by atoms with E-state index < -0.39 is 0 Å². The summed E-state index contributed by atoms with van der Waals surface area (Å²) < 4.78 is 0. The Morgan fingerprint density at radius 3 is 3.00 bits per heavy atom. The first-order chi connectivity index (χ1) is 10.1. The molecule has 1 aromatic heterocycles. The topological polar surface area (TPSA) is 49.3 Å². The van der Waals surface area contributed by atoms with Crippen LogP contribution >= 0.6 is 0 Å². The molecule has 1 spiro atoms. The van der Waals surface area contributed by atoms with E-state index in [4.69, 9.17) is 0 Å². The molecular weight excluding hydrogens is 264 g/mol. The highest BCUT2D eigenvalue weighted by Gasteiger charge is 2.47. The van der Waals surface area contributed by atoms with Gasteiger partial charge in [0, 0.05) is 39.3 Å². The van der Waals surface area contributed by atoms with Crippen molar-refractivity contribution in [3.63, 3.8) is 0 Å². The second-order valence-electron chi connectivity index (χ2n) is 6.39. The maximum absolute atomic E-state index is 12.5. The summed E-state index contributed by atoms with van der Waals surface area (Å²) in [5, 5.41) is 0. The number of amides is 1. The van der Waals surface area contributed by atoms with Crippen LogP contribution in [0.4, 0.5) is 0 Å². The number of likely N-dealkylation sites (tertiary alicyclic amines) is 2. The molecule has 1 unspecified atom stereocenters. The molecule has 0 saturated carbocycles. The lowest BCUT2D eigenvalue weighted by molar-refractivity contribution is -0.143. The molecule has 2 fully saturated rings. The largest absolute Gasteiger partial charge is 0.345 e. The van der Waals surface area contributed by atoms with Gasteiger partial charge in [-0.2, -0.15) is 0 Å². The third-order valence-corrected chi connectivity index (χ3v) is 4.85. The van der Waals surface area contributed by atoms with Crippen molar-refractivity contribution in [1.82, 2.24) is 19.8 Å². The van der Waals surface area contributed by atoms with Crippen LogP contribution in [0.3, 0.4) is 0 Å². The Morgan fingerprint density at radius 1 is 1.33 bits per heavy atom. The Kier molecular flexibility index (Phi) is 3.93. The molecule has 0 aromatic carbocycles. The molecule has 5 nitrogen and oxygen atoms in total. The average Bonchev–Trinajstić information content (AvgIpc) is 2.89. The van der Waals surface area contributed by atoms with Crippen LogP contribution in [0.2, 0.25) is 0 Å². The zero-order valence-electron chi connectivity index (χ0n) is 13.0. The van der Waals surface area contributed by atoms with Gasteiger partial charge in [0.2, 0.25) is 5.91 Å². The Morgan fingerprint density at radius 2 is 2.19 bits per heavy atom. The first kappa shape index (κ1) is 14.4. The van der Waals surface area contributed by atoms with Crippen molar-refractivity contribution in [1.29, 1.82) is 0 Å². The van der Waals surface area contributed by atoms with Crippen molar-refractivity contribution in [2.24, 2.45) is 5.41 Å². The third-order valence-electron chi connectivity index (χ3n) is 4.85. The fourth-order valence-electron chi connectivity index (χ4n) is 3.67. The first-order valence-electron chi connectivity index (χ1n) is 7.92. The molecular formula is C16H24N4O. The SMILES string of the molecule is CCc1nccc(CN2CCC3(CCCN(C)C3=O)C2)n1. The van der Waals surface area contributed by atoms with Crippen LogP contribution < -0.4 is 0 Å². The van der Waals surface area contributed by atoms with Gasteiger partial charge in [0.05, 0.1) is 11.1 Å². The van der Waals surface area contributed by atoms with Gasteiger partial charge in [-0.25, -0.2) is 9.97 Å². The Labute approximate surface area is 126 Å². The molecule has 21 heavy (non-hydrogen) atoms. The molecule has 0 bridgehead atoms.